The van der Waals surface area contributed by atoms with Gasteiger partial charge in [0, 0.05) is 11.6 Å². The summed E-state index contributed by atoms with van der Waals surface area (Å²) in [5, 5.41) is 3.38. The Morgan fingerprint density at radius 3 is 2.71 bits per heavy atom. The summed E-state index contributed by atoms with van der Waals surface area (Å²) in [7, 11) is 1.72. The molecule has 0 radical (unpaired) electrons. The number of ether oxygens (including phenoxy) is 1. The lowest BCUT2D eigenvalue weighted by Crippen LogP contribution is -2.18. The standard InChI is InChI=1S/C12H19NO/c1-5-13-10(3)11-8-9(2)6-7-12(11)14-4/h6-8,10,13H,5H2,1-4H3. The van der Waals surface area contributed by atoms with Gasteiger partial charge in [0.25, 0.3) is 0 Å². The Kier molecular flexibility index (Phi) is 3.96. The van der Waals surface area contributed by atoms with Crippen LogP contribution in [0.15, 0.2) is 18.2 Å². The molecule has 0 saturated heterocycles. The first kappa shape index (κ1) is 11.1. The minimum absolute atomic E-state index is 0.342. The van der Waals surface area contributed by atoms with Crippen LogP contribution in [0.4, 0.5) is 0 Å². The van der Waals surface area contributed by atoms with Crippen LogP contribution in [0.2, 0.25) is 0 Å². The van der Waals surface area contributed by atoms with Crippen molar-refractivity contribution in [1.29, 1.82) is 0 Å². The van der Waals surface area contributed by atoms with Gasteiger partial charge in [0.15, 0.2) is 0 Å². The van der Waals surface area contributed by atoms with Crippen LogP contribution in [0.25, 0.3) is 0 Å². The summed E-state index contributed by atoms with van der Waals surface area (Å²) >= 11 is 0. The normalized spacial score (nSPS) is 12.6. The van der Waals surface area contributed by atoms with Crippen LogP contribution in [0.5, 0.6) is 5.75 Å². The predicted octanol–water partition coefficient (Wildman–Crippen LogP) is 2.67. The van der Waals surface area contributed by atoms with Crippen molar-refractivity contribution < 1.29 is 4.74 Å². The van der Waals surface area contributed by atoms with Gasteiger partial charge < -0.3 is 10.1 Å². The van der Waals surface area contributed by atoms with E-state index in [2.05, 4.69) is 38.2 Å². The second-order valence-electron chi connectivity index (χ2n) is 3.52. The quantitative estimate of drug-likeness (QED) is 0.793. The molecule has 1 rings (SSSR count). The summed E-state index contributed by atoms with van der Waals surface area (Å²) in [4.78, 5) is 0. The summed E-state index contributed by atoms with van der Waals surface area (Å²) < 4.78 is 5.33. The van der Waals surface area contributed by atoms with Crippen molar-refractivity contribution in [3.63, 3.8) is 0 Å². The Labute approximate surface area is 86.3 Å². The zero-order valence-electron chi connectivity index (χ0n) is 9.42. The van der Waals surface area contributed by atoms with Crippen molar-refractivity contribution in [1.82, 2.24) is 5.32 Å². The lowest BCUT2D eigenvalue weighted by Gasteiger charge is -2.16. The van der Waals surface area contributed by atoms with E-state index in [-0.39, 0.29) is 0 Å². The molecule has 0 fully saturated rings. The molecule has 1 atom stereocenters. The van der Waals surface area contributed by atoms with Gasteiger partial charge in [0.05, 0.1) is 7.11 Å². The van der Waals surface area contributed by atoms with E-state index < -0.39 is 0 Å². The summed E-state index contributed by atoms with van der Waals surface area (Å²) in [6.07, 6.45) is 0. The van der Waals surface area contributed by atoms with Crippen molar-refractivity contribution >= 4 is 0 Å². The van der Waals surface area contributed by atoms with Crippen molar-refractivity contribution in [3.05, 3.63) is 29.3 Å². The number of nitrogens with one attached hydrogen (secondary N) is 1. The third-order valence-electron chi connectivity index (χ3n) is 2.36. The Morgan fingerprint density at radius 2 is 2.14 bits per heavy atom. The van der Waals surface area contributed by atoms with Gasteiger partial charge in [0.2, 0.25) is 0 Å². The van der Waals surface area contributed by atoms with Crippen molar-refractivity contribution in [3.8, 4) is 5.75 Å². The van der Waals surface area contributed by atoms with E-state index in [1.165, 1.54) is 11.1 Å². The zero-order valence-corrected chi connectivity index (χ0v) is 9.42. The van der Waals surface area contributed by atoms with Gasteiger partial charge in [-0.3, -0.25) is 0 Å². The minimum atomic E-state index is 0.342. The molecule has 0 aromatic heterocycles. The highest BCUT2D eigenvalue weighted by Gasteiger charge is 2.09. The van der Waals surface area contributed by atoms with Crippen LogP contribution in [-0.2, 0) is 0 Å². The second kappa shape index (κ2) is 5.01. The van der Waals surface area contributed by atoms with E-state index in [4.69, 9.17) is 4.74 Å². The molecule has 0 saturated carbocycles. The average Bonchev–Trinajstić information content (AvgIpc) is 2.18. The molecule has 0 bridgehead atoms. The molecule has 0 aliphatic rings. The summed E-state index contributed by atoms with van der Waals surface area (Å²) in [6, 6.07) is 6.61. The molecule has 2 heteroatoms. The van der Waals surface area contributed by atoms with Gasteiger partial charge in [0.1, 0.15) is 5.75 Å². The van der Waals surface area contributed by atoms with Crippen LogP contribution in [0.1, 0.15) is 31.0 Å². The van der Waals surface area contributed by atoms with Gasteiger partial charge in [-0.1, -0.05) is 24.6 Å². The Hall–Kier alpha value is -1.02. The molecular formula is C12H19NO. The highest BCUT2D eigenvalue weighted by atomic mass is 16.5. The maximum absolute atomic E-state index is 5.33. The van der Waals surface area contributed by atoms with Gasteiger partial charge >= 0.3 is 0 Å². The molecule has 1 aromatic rings. The van der Waals surface area contributed by atoms with Crippen molar-refractivity contribution in [2.24, 2.45) is 0 Å². The fourth-order valence-corrected chi connectivity index (χ4v) is 1.61. The van der Waals surface area contributed by atoms with Crippen LogP contribution in [-0.4, -0.2) is 13.7 Å². The summed E-state index contributed by atoms with van der Waals surface area (Å²) in [6.45, 7) is 7.33. The van der Waals surface area contributed by atoms with E-state index in [1.54, 1.807) is 7.11 Å². The molecule has 1 aromatic carbocycles. The van der Waals surface area contributed by atoms with E-state index in [1.807, 2.05) is 6.07 Å². The van der Waals surface area contributed by atoms with E-state index in [9.17, 15) is 0 Å². The number of aryl methyl sites for hydroxylation is 1. The fourth-order valence-electron chi connectivity index (χ4n) is 1.61. The molecule has 2 nitrogen and oxygen atoms in total. The first-order valence-corrected chi connectivity index (χ1v) is 5.07. The molecule has 1 N–H and O–H groups in total. The van der Waals surface area contributed by atoms with Gasteiger partial charge in [-0.25, -0.2) is 0 Å². The smallest absolute Gasteiger partial charge is 0.123 e. The average molecular weight is 193 g/mol. The largest absolute Gasteiger partial charge is 0.496 e. The topological polar surface area (TPSA) is 21.3 Å². The predicted molar refractivity (Wildman–Crippen MR) is 59.8 cm³/mol. The minimum Gasteiger partial charge on any atom is -0.496 e. The first-order valence-electron chi connectivity index (χ1n) is 5.07. The Balaban J connectivity index is 2.97. The highest BCUT2D eigenvalue weighted by molar-refractivity contribution is 5.38. The van der Waals surface area contributed by atoms with Gasteiger partial charge in [-0.2, -0.15) is 0 Å². The molecule has 0 amide bonds. The summed E-state index contributed by atoms with van der Waals surface area (Å²) in [5.41, 5.74) is 2.50. The molecule has 0 aliphatic carbocycles. The molecule has 78 valence electrons. The number of rotatable bonds is 4. The number of hydrogen-bond donors (Lipinski definition) is 1. The molecule has 14 heavy (non-hydrogen) atoms. The maximum atomic E-state index is 5.33. The van der Waals surface area contributed by atoms with Crippen LogP contribution in [0, 0.1) is 6.92 Å². The van der Waals surface area contributed by atoms with Crippen LogP contribution < -0.4 is 10.1 Å². The molecule has 0 spiro atoms. The monoisotopic (exact) mass is 193 g/mol. The first-order chi connectivity index (χ1) is 6.69. The van der Waals surface area contributed by atoms with Gasteiger partial charge in [-0.05, 0) is 26.5 Å². The zero-order chi connectivity index (χ0) is 10.6. The Bertz CT molecular complexity index is 296. The molecule has 0 heterocycles. The van der Waals surface area contributed by atoms with Crippen LogP contribution >= 0.6 is 0 Å². The number of benzene rings is 1. The van der Waals surface area contributed by atoms with E-state index in [0.29, 0.717) is 6.04 Å². The lowest BCUT2D eigenvalue weighted by molar-refractivity contribution is 0.402. The fraction of sp³-hybridized carbons (Fsp3) is 0.500. The molecule has 0 aliphatic heterocycles. The second-order valence-corrected chi connectivity index (χ2v) is 3.52. The maximum Gasteiger partial charge on any atom is 0.123 e. The van der Waals surface area contributed by atoms with Crippen molar-refractivity contribution in [2.75, 3.05) is 13.7 Å². The van der Waals surface area contributed by atoms with Gasteiger partial charge in [-0.15, -0.1) is 0 Å². The van der Waals surface area contributed by atoms with Crippen molar-refractivity contribution in [2.45, 2.75) is 26.8 Å². The third kappa shape index (κ3) is 2.48. The number of methoxy groups -OCH3 is 1. The molecule has 1 unspecified atom stereocenters. The number of hydrogen-bond acceptors (Lipinski definition) is 2. The SMILES string of the molecule is CCNC(C)c1cc(C)ccc1OC. The van der Waals surface area contributed by atoms with E-state index in [0.717, 1.165) is 12.3 Å². The van der Waals surface area contributed by atoms with E-state index >= 15 is 0 Å². The lowest BCUT2D eigenvalue weighted by atomic mass is 10.0. The highest BCUT2D eigenvalue weighted by Crippen LogP contribution is 2.25. The third-order valence-corrected chi connectivity index (χ3v) is 2.36. The summed E-state index contributed by atoms with van der Waals surface area (Å²) in [5.74, 6) is 0.962. The molecular weight excluding hydrogens is 174 g/mol. The van der Waals surface area contributed by atoms with Crippen LogP contribution in [0.3, 0.4) is 0 Å². The Morgan fingerprint density at radius 1 is 1.43 bits per heavy atom.